The van der Waals surface area contributed by atoms with E-state index in [0.717, 1.165) is 21.1 Å². The lowest BCUT2D eigenvalue weighted by Gasteiger charge is -2.05. The molecule has 1 aromatic heterocycles. The minimum Gasteiger partial charge on any atom is -0.398 e. The lowest BCUT2D eigenvalue weighted by Crippen LogP contribution is -2.29. The van der Waals surface area contributed by atoms with Gasteiger partial charge >= 0.3 is 0 Å². The third-order valence-electron chi connectivity index (χ3n) is 2.73. The molecule has 0 fully saturated rings. The molecule has 4 nitrogen and oxygen atoms in total. The van der Waals surface area contributed by atoms with E-state index in [-0.39, 0.29) is 5.91 Å². The number of hydrazine groups is 1. The number of anilines is 1. The van der Waals surface area contributed by atoms with Gasteiger partial charge in [0.1, 0.15) is 0 Å². The molecule has 1 aromatic carbocycles. The van der Waals surface area contributed by atoms with Gasteiger partial charge < -0.3 is 5.73 Å². The van der Waals surface area contributed by atoms with Crippen LogP contribution in [0.1, 0.15) is 20.1 Å². The van der Waals surface area contributed by atoms with Crippen molar-refractivity contribution < 1.29 is 4.79 Å². The number of amides is 1. The van der Waals surface area contributed by atoms with Crippen molar-refractivity contribution in [2.75, 3.05) is 5.73 Å². The number of thioether (sulfide) groups is 1. The summed E-state index contributed by atoms with van der Waals surface area (Å²) in [5.41, 5.74) is 9.84. The molecule has 0 aliphatic heterocycles. The van der Waals surface area contributed by atoms with Crippen LogP contribution in [0, 0.1) is 6.92 Å². The summed E-state index contributed by atoms with van der Waals surface area (Å²) in [7, 11) is 0. The number of benzene rings is 1. The first-order chi connectivity index (χ1) is 9.51. The molecule has 106 valence electrons. The Balaban J connectivity index is 2.13. The average Bonchev–Trinajstić information content (AvgIpc) is 2.80. The molecule has 20 heavy (non-hydrogen) atoms. The summed E-state index contributed by atoms with van der Waals surface area (Å²) in [5.74, 6) is 5.60. The summed E-state index contributed by atoms with van der Waals surface area (Å²) in [6, 6.07) is 7.26. The van der Waals surface area contributed by atoms with E-state index in [1.54, 1.807) is 23.9 Å². The Bertz CT molecular complexity index is 643. The van der Waals surface area contributed by atoms with Crippen LogP contribution in [0.25, 0.3) is 0 Å². The molecular weight excluding hydrogens is 314 g/mol. The molecule has 0 bridgehead atoms. The molecule has 0 saturated heterocycles. The Kier molecular flexibility index (Phi) is 4.93. The minimum absolute atomic E-state index is 0.267. The number of nitrogens with one attached hydrogen (secondary N) is 1. The third-order valence-corrected chi connectivity index (χ3v) is 5.18. The number of hydrogen-bond donors (Lipinski definition) is 3. The van der Waals surface area contributed by atoms with E-state index >= 15 is 0 Å². The highest BCUT2D eigenvalue weighted by Gasteiger charge is 2.12. The number of halogens is 1. The van der Waals surface area contributed by atoms with Gasteiger partial charge in [-0.15, -0.1) is 23.1 Å². The lowest BCUT2D eigenvalue weighted by molar-refractivity contribution is 0.0957. The van der Waals surface area contributed by atoms with Crippen molar-refractivity contribution in [3.63, 3.8) is 0 Å². The second-order valence-electron chi connectivity index (χ2n) is 4.14. The van der Waals surface area contributed by atoms with E-state index in [0.29, 0.717) is 15.6 Å². The molecular formula is C13H14ClN3OS2. The fourth-order valence-electron chi connectivity index (χ4n) is 1.63. The highest BCUT2D eigenvalue weighted by Crippen LogP contribution is 2.33. The summed E-state index contributed by atoms with van der Waals surface area (Å²) >= 11 is 8.98. The summed E-state index contributed by atoms with van der Waals surface area (Å²) in [6.07, 6.45) is 0. The third kappa shape index (κ3) is 3.46. The Morgan fingerprint density at radius 1 is 1.45 bits per heavy atom. The highest BCUT2D eigenvalue weighted by molar-refractivity contribution is 7.98. The van der Waals surface area contributed by atoms with Gasteiger partial charge in [0.2, 0.25) is 0 Å². The quantitative estimate of drug-likeness (QED) is 0.265. The molecule has 1 heterocycles. The van der Waals surface area contributed by atoms with E-state index < -0.39 is 0 Å². The van der Waals surface area contributed by atoms with Gasteiger partial charge in [-0.25, -0.2) is 5.84 Å². The first-order valence-electron chi connectivity index (χ1n) is 5.79. The van der Waals surface area contributed by atoms with Gasteiger partial charge in [0.05, 0.1) is 4.88 Å². The van der Waals surface area contributed by atoms with Crippen LogP contribution in [0.4, 0.5) is 5.69 Å². The first kappa shape index (κ1) is 15.2. The van der Waals surface area contributed by atoms with E-state index in [4.69, 9.17) is 23.2 Å². The van der Waals surface area contributed by atoms with Crippen LogP contribution in [0.3, 0.4) is 0 Å². The number of aryl methyl sites for hydroxylation is 1. The standard InChI is InChI=1S/C13H14ClN3OS2/c1-7-8(4-12(20-7)13(18)17-16)6-19-11-5-9(14)2-3-10(11)15/h2-5H,6,15-16H2,1H3,(H,17,18). The molecule has 2 aromatic rings. The molecule has 2 rings (SSSR count). The molecule has 0 saturated carbocycles. The molecule has 5 N–H and O–H groups in total. The van der Waals surface area contributed by atoms with E-state index in [1.165, 1.54) is 11.3 Å². The fraction of sp³-hybridized carbons (Fsp3) is 0.154. The normalized spacial score (nSPS) is 10.6. The van der Waals surface area contributed by atoms with Crippen molar-refractivity contribution in [3.8, 4) is 0 Å². The van der Waals surface area contributed by atoms with Gasteiger partial charge in [-0.1, -0.05) is 11.6 Å². The van der Waals surface area contributed by atoms with Gasteiger partial charge in [0.15, 0.2) is 0 Å². The van der Waals surface area contributed by atoms with Gasteiger partial charge in [0, 0.05) is 26.2 Å². The predicted molar refractivity (Wildman–Crippen MR) is 86.1 cm³/mol. The van der Waals surface area contributed by atoms with E-state index in [1.807, 2.05) is 19.1 Å². The summed E-state index contributed by atoms with van der Waals surface area (Å²) in [6.45, 7) is 1.98. The maximum atomic E-state index is 11.5. The second-order valence-corrected chi connectivity index (χ2v) is 6.85. The SMILES string of the molecule is Cc1sc(C(=O)NN)cc1CSc1cc(Cl)ccc1N. The topological polar surface area (TPSA) is 81.1 Å². The highest BCUT2D eigenvalue weighted by atomic mass is 35.5. The van der Waals surface area contributed by atoms with Crippen LogP contribution in [0.15, 0.2) is 29.2 Å². The van der Waals surface area contributed by atoms with E-state index in [2.05, 4.69) is 5.43 Å². The maximum absolute atomic E-state index is 11.5. The largest absolute Gasteiger partial charge is 0.398 e. The smallest absolute Gasteiger partial charge is 0.275 e. The number of thiophene rings is 1. The maximum Gasteiger partial charge on any atom is 0.275 e. The van der Waals surface area contributed by atoms with Gasteiger partial charge in [0.25, 0.3) is 5.91 Å². The molecule has 1 amide bonds. The monoisotopic (exact) mass is 327 g/mol. The Morgan fingerprint density at radius 3 is 2.90 bits per heavy atom. The minimum atomic E-state index is -0.267. The zero-order valence-electron chi connectivity index (χ0n) is 10.8. The van der Waals surface area contributed by atoms with Gasteiger partial charge in [-0.3, -0.25) is 10.2 Å². The number of carbonyl (C=O) groups is 1. The van der Waals surface area contributed by atoms with Crippen LogP contribution in [0.5, 0.6) is 0 Å². The van der Waals surface area contributed by atoms with Crippen molar-refractivity contribution in [1.29, 1.82) is 0 Å². The van der Waals surface area contributed by atoms with Crippen molar-refractivity contribution in [2.24, 2.45) is 5.84 Å². The fourth-order valence-corrected chi connectivity index (χ4v) is 3.96. The number of nitrogens with two attached hydrogens (primary N) is 2. The molecule has 0 radical (unpaired) electrons. The summed E-state index contributed by atoms with van der Waals surface area (Å²) in [5, 5.41) is 0.659. The second kappa shape index (κ2) is 6.49. The van der Waals surface area contributed by atoms with Crippen molar-refractivity contribution in [3.05, 3.63) is 44.6 Å². The predicted octanol–water partition coefficient (Wildman–Crippen LogP) is 3.19. The number of carbonyl (C=O) groups excluding carboxylic acids is 1. The molecule has 0 atom stereocenters. The number of hydrogen-bond acceptors (Lipinski definition) is 5. The Morgan fingerprint density at radius 2 is 2.20 bits per heavy atom. The van der Waals surface area contributed by atoms with Crippen LogP contribution in [-0.4, -0.2) is 5.91 Å². The first-order valence-corrected chi connectivity index (χ1v) is 7.97. The van der Waals surface area contributed by atoms with Crippen molar-refractivity contribution in [2.45, 2.75) is 17.6 Å². The molecule has 0 spiro atoms. The molecule has 0 aliphatic rings. The lowest BCUT2D eigenvalue weighted by atomic mass is 10.3. The zero-order chi connectivity index (χ0) is 14.7. The molecule has 7 heteroatoms. The van der Waals surface area contributed by atoms with Gasteiger partial charge in [-0.2, -0.15) is 0 Å². The average molecular weight is 328 g/mol. The number of nitrogen functional groups attached to an aromatic ring is 2. The number of rotatable bonds is 4. The summed E-state index contributed by atoms with van der Waals surface area (Å²) in [4.78, 5) is 14.1. The Labute approximate surface area is 130 Å². The van der Waals surface area contributed by atoms with Crippen LogP contribution in [-0.2, 0) is 5.75 Å². The van der Waals surface area contributed by atoms with Crippen LogP contribution in [0.2, 0.25) is 5.02 Å². The Hall–Kier alpha value is -1.21. The molecule has 0 aliphatic carbocycles. The summed E-state index contributed by atoms with van der Waals surface area (Å²) < 4.78 is 0. The van der Waals surface area contributed by atoms with Crippen LogP contribution < -0.4 is 17.0 Å². The van der Waals surface area contributed by atoms with Crippen molar-refractivity contribution in [1.82, 2.24) is 5.43 Å². The van der Waals surface area contributed by atoms with Gasteiger partial charge in [-0.05, 0) is 36.8 Å². The van der Waals surface area contributed by atoms with Crippen LogP contribution >= 0.6 is 34.7 Å². The van der Waals surface area contributed by atoms with Crippen molar-refractivity contribution >= 4 is 46.3 Å². The molecule has 0 unspecified atom stereocenters. The zero-order valence-corrected chi connectivity index (χ0v) is 13.2. The van der Waals surface area contributed by atoms with E-state index in [9.17, 15) is 4.79 Å².